The van der Waals surface area contributed by atoms with Gasteiger partial charge in [-0.05, 0) is 48.2 Å². The summed E-state index contributed by atoms with van der Waals surface area (Å²) in [4.78, 5) is 2.66. The molecule has 0 aliphatic carbocycles. The molecule has 2 rings (SSSR count). The predicted octanol–water partition coefficient (Wildman–Crippen LogP) is 3.90. The van der Waals surface area contributed by atoms with Gasteiger partial charge >= 0.3 is 0 Å². The van der Waals surface area contributed by atoms with Gasteiger partial charge in [0.05, 0.1) is 15.9 Å². The summed E-state index contributed by atoms with van der Waals surface area (Å²) < 4.78 is 3.28. The van der Waals surface area contributed by atoms with E-state index in [0.29, 0.717) is 0 Å². The van der Waals surface area contributed by atoms with Gasteiger partial charge in [0.25, 0.3) is 0 Å². The third-order valence-corrected chi connectivity index (χ3v) is 5.24. The highest BCUT2D eigenvalue weighted by Crippen LogP contribution is 2.26. The van der Waals surface area contributed by atoms with Gasteiger partial charge in [-0.1, -0.05) is 26.7 Å². The van der Waals surface area contributed by atoms with Gasteiger partial charge in [0.1, 0.15) is 0 Å². The number of rotatable bonds is 4. The van der Waals surface area contributed by atoms with Gasteiger partial charge in [-0.25, -0.2) is 0 Å². The summed E-state index contributed by atoms with van der Waals surface area (Å²) in [5.41, 5.74) is 2.51. The summed E-state index contributed by atoms with van der Waals surface area (Å²) >= 11 is 3.74. The van der Waals surface area contributed by atoms with Crippen LogP contribution in [-0.2, 0) is 20.0 Å². The molecule has 1 aliphatic heterocycles. The first-order valence-corrected chi connectivity index (χ1v) is 8.40. The van der Waals surface area contributed by atoms with E-state index >= 15 is 0 Å². The topological polar surface area (TPSA) is 21.1 Å². The molecule has 4 heteroatoms. The molecule has 108 valence electrons. The molecule has 3 nitrogen and oxygen atoms in total. The lowest BCUT2D eigenvalue weighted by molar-refractivity contribution is 0.181. The number of hydrogen-bond acceptors (Lipinski definition) is 2. The van der Waals surface area contributed by atoms with Crippen LogP contribution in [0.15, 0.2) is 4.47 Å². The van der Waals surface area contributed by atoms with Crippen LogP contribution in [-0.4, -0.2) is 27.3 Å². The third kappa shape index (κ3) is 3.40. The van der Waals surface area contributed by atoms with Gasteiger partial charge in [0.2, 0.25) is 0 Å². The quantitative estimate of drug-likeness (QED) is 0.836. The molecule has 0 radical (unpaired) electrons. The molecule has 0 aromatic carbocycles. The molecule has 1 aliphatic rings. The van der Waals surface area contributed by atoms with Crippen LogP contribution in [0.4, 0.5) is 0 Å². The van der Waals surface area contributed by atoms with E-state index in [0.717, 1.165) is 19.0 Å². The van der Waals surface area contributed by atoms with E-state index < -0.39 is 0 Å². The minimum absolute atomic E-state index is 0.745. The molecule has 1 atom stereocenters. The Balaban J connectivity index is 2.16. The Kier molecular flexibility index (Phi) is 5.46. The summed E-state index contributed by atoms with van der Waals surface area (Å²) in [6, 6.07) is 0.745. The summed E-state index contributed by atoms with van der Waals surface area (Å²) in [7, 11) is 2.07. The molecule has 1 aromatic rings. The lowest BCUT2D eigenvalue weighted by Crippen LogP contribution is -2.34. The Labute approximate surface area is 125 Å². The van der Waals surface area contributed by atoms with Gasteiger partial charge in [0.15, 0.2) is 0 Å². The molecule has 1 aromatic heterocycles. The summed E-state index contributed by atoms with van der Waals surface area (Å²) in [5, 5.41) is 4.61. The Morgan fingerprint density at radius 1 is 1.26 bits per heavy atom. The molecule has 0 bridgehead atoms. The van der Waals surface area contributed by atoms with E-state index in [1.807, 2.05) is 0 Å². The predicted molar refractivity (Wildman–Crippen MR) is 83.2 cm³/mol. The fourth-order valence-electron chi connectivity index (χ4n) is 3.09. The lowest BCUT2D eigenvalue weighted by Gasteiger charge is -2.29. The Bertz CT molecular complexity index is 414. The van der Waals surface area contributed by atoms with Crippen LogP contribution in [0.25, 0.3) is 0 Å². The van der Waals surface area contributed by atoms with Crippen LogP contribution >= 0.6 is 15.9 Å². The first-order valence-electron chi connectivity index (χ1n) is 7.61. The highest BCUT2D eigenvalue weighted by molar-refractivity contribution is 9.10. The van der Waals surface area contributed by atoms with Crippen molar-refractivity contribution in [1.29, 1.82) is 0 Å². The molecule has 1 saturated heterocycles. The normalized spacial score (nSPS) is 21.6. The SMILES string of the molecule is CCc1nn(C)c(CN2CCCCCC2CC)c1Br. The zero-order valence-electron chi connectivity index (χ0n) is 12.5. The number of halogens is 1. The first-order chi connectivity index (χ1) is 9.17. The average molecular weight is 328 g/mol. The maximum absolute atomic E-state index is 4.61. The van der Waals surface area contributed by atoms with Crippen LogP contribution in [0.3, 0.4) is 0 Å². The van der Waals surface area contributed by atoms with Crippen molar-refractivity contribution in [3.8, 4) is 0 Å². The highest BCUT2D eigenvalue weighted by atomic mass is 79.9. The van der Waals surface area contributed by atoms with Gasteiger partial charge in [-0.15, -0.1) is 0 Å². The molecule has 1 fully saturated rings. The maximum atomic E-state index is 4.61. The Hall–Kier alpha value is -0.350. The van der Waals surface area contributed by atoms with Gasteiger partial charge in [0, 0.05) is 19.6 Å². The van der Waals surface area contributed by atoms with Crippen LogP contribution in [0.1, 0.15) is 57.3 Å². The standard InChI is InChI=1S/C15H26BrN3/c1-4-12-9-7-6-8-10-19(12)11-14-15(16)13(5-2)17-18(14)3/h12H,4-11H2,1-3H3. The Morgan fingerprint density at radius 2 is 2.05 bits per heavy atom. The minimum atomic E-state index is 0.745. The molecule has 0 saturated carbocycles. The number of aromatic nitrogens is 2. The van der Waals surface area contributed by atoms with E-state index in [1.165, 1.54) is 54.5 Å². The van der Waals surface area contributed by atoms with Gasteiger partial charge in [-0.3, -0.25) is 9.58 Å². The van der Waals surface area contributed by atoms with Crippen molar-refractivity contribution in [2.24, 2.45) is 7.05 Å². The smallest absolute Gasteiger partial charge is 0.0767 e. The summed E-state index contributed by atoms with van der Waals surface area (Å²) in [6.45, 7) is 6.75. The van der Waals surface area contributed by atoms with Crippen molar-refractivity contribution in [2.45, 2.75) is 65.0 Å². The monoisotopic (exact) mass is 327 g/mol. The molecule has 1 unspecified atom stereocenters. The van der Waals surface area contributed by atoms with Crippen LogP contribution in [0, 0.1) is 0 Å². The van der Waals surface area contributed by atoms with Crippen molar-refractivity contribution >= 4 is 15.9 Å². The second kappa shape index (κ2) is 6.89. The van der Waals surface area contributed by atoms with Crippen molar-refractivity contribution in [3.05, 3.63) is 15.9 Å². The van der Waals surface area contributed by atoms with Crippen molar-refractivity contribution in [1.82, 2.24) is 14.7 Å². The zero-order valence-corrected chi connectivity index (χ0v) is 14.0. The molecular weight excluding hydrogens is 302 g/mol. The van der Waals surface area contributed by atoms with Crippen molar-refractivity contribution in [2.75, 3.05) is 6.54 Å². The van der Waals surface area contributed by atoms with E-state index in [9.17, 15) is 0 Å². The molecule has 2 heterocycles. The van der Waals surface area contributed by atoms with Crippen LogP contribution in [0.2, 0.25) is 0 Å². The second-order valence-corrected chi connectivity index (χ2v) is 6.36. The number of hydrogen-bond donors (Lipinski definition) is 0. The Morgan fingerprint density at radius 3 is 2.68 bits per heavy atom. The van der Waals surface area contributed by atoms with Gasteiger partial charge < -0.3 is 0 Å². The summed E-state index contributed by atoms with van der Waals surface area (Å²) in [6.07, 6.45) is 7.72. The summed E-state index contributed by atoms with van der Waals surface area (Å²) in [5.74, 6) is 0. The number of likely N-dealkylation sites (tertiary alicyclic amines) is 1. The average Bonchev–Trinajstić information content (AvgIpc) is 2.60. The fraction of sp³-hybridized carbons (Fsp3) is 0.800. The minimum Gasteiger partial charge on any atom is -0.295 e. The van der Waals surface area contributed by atoms with Crippen LogP contribution < -0.4 is 0 Å². The maximum Gasteiger partial charge on any atom is 0.0767 e. The molecule has 0 spiro atoms. The molecule has 0 amide bonds. The molecule has 0 N–H and O–H groups in total. The second-order valence-electron chi connectivity index (χ2n) is 5.57. The lowest BCUT2D eigenvalue weighted by atomic mass is 10.1. The fourth-order valence-corrected chi connectivity index (χ4v) is 3.83. The van der Waals surface area contributed by atoms with E-state index in [-0.39, 0.29) is 0 Å². The first kappa shape index (κ1) is 15.0. The molecular formula is C15H26BrN3. The molecule has 19 heavy (non-hydrogen) atoms. The zero-order chi connectivity index (χ0) is 13.8. The van der Waals surface area contributed by atoms with Crippen LogP contribution in [0.5, 0.6) is 0 Å². The van der Waals surface area contributed by atoms with E-state index in [4.69, 9.17) is 0 Å². The van der Waals surface area contributed by atoms with Gasteiger partial charge in [-0.2, -0.15) is 5.10 Å². The van der Waals surface area contributed by atoms with E-state index in [1.54, 1.807) is 0 Å². The number of aryl methyl sites for hydroxylation is 2. The van der Waals surface area contributed by atoms with Crippen molar-refractivity contribution < 1.29 is 0 Å². The highest BCUT2D eigenvalue weighted by Gasteiger charge is 2.22. The largest absolute Gasteiger partial charge is 0.295 e. The van der Waals surface area contributed by atoms with Crippen molar-refractivity contribution in [3.63, 3.8) is 0 Å². The third-order valence-electron chi connectivity index (χ3n) is 4.33. The number of nitrogens with zero attached hydrogens (tertiary/aromatic N) is 3. The van der Waals surface area contributed by atoms with E-state index in [2.05, 4.69) is 51.5 Å².